The summed E-state index contributed by atoms with van der Waals surface area (Å²) in [7, 11) is 0. The molecular formula is C10H16O. The molecule has 1 heteroatoms. The zero-order chi connectivity index (χ0) is 7.42. The maximum absolute atomic E-state index is 9.67. The van der Waals surface area contributed by atoms with E-state index in [-0.39, 0.29) is 6.10 Å². The molecule has 0 bridgehead atoms. The minimum absolute atomic E-state index is 0.0827. The van der Waals surface area contributed by atoms with Crippen LogP contribution in [0.5, 0.6) is 0 Å². The van der Waals surface area contributed by atoms with E-state index in [2.05, 4.69) is 0 Å². The summed E-state index contributed by atoms with van der Waals surface area (Å²) < 4.78 is 0. The Bertz CT molecular complexity index is 172. The molecule has 3 aliphatic rings. The van der Waals surface area contributed by atoms with Crippen LogP contribution >= 0.6 is 0 Å². The largest absolute Gasteiger partial charge is 0.393 e. The molecule has 0 amide bonds. The molecule has 0 aromatic heterocycles. The van der Waals surface area contributed by atoms with E-state index in [1.54, 1.807) is 0 Å². The Kier molecular flexibility index (Phi) is 1.18. The molecule has 3 aliphatic carbocycles. The molecule has 1 N–H and O–H groups in total. The van der Waals surface area contributed by atoms with E-state index in [4.69, 9.17) is 0 Å². The van der Waals surface area contributed by atoms with Crippen LogP contribution in [0, 0.1) is 23.7 Å². The molecule has 0 spiro atoms. The summed E-state index contributed by atoms with van der Waals surface area (Å²) in [5.74, 6) is 3.66. The number of rotatable bonds is 0. The third-order valence-electron chi connectivity index (χ3n) is 4.40. The highest BCUT2D eigenvalue weighted by molar-refractivity contribution is 5.06. The Labute approximate surface area is 67.8 Å². The van der Waals surface area contributed by atoms with Crippen LogP contribution in [-0.2, 0) is 0 Å². The van der Waals surface area contributed by atoms with Crippen LogP contribution in [0.4, 0.5) is 0 Å². The third kappa shape index (κ3) is 0.658. The second kappa shape index (κ2) is 2.01. The molecule has 3 rings (SSSR count). The monoisotopic (exact) mass is 152 g/mol. The first-order valence-corrected chi connectivity index (χ1v) is 5.06. The summed E-state index contributed by atoms with van der Waals surface area (Å²) in [6.07, 6.45) is 6.84. The van der Waals surface area contributed by atoms with Crippen molar-refractivity contribution in [3.8, 4) is 0 Å². The maximum atomic E-state index is 9.67. The van der Waals surface area contributed by atoms with E-state index in [9.17, 15) is 5.11 Å². The van der Waals surface area contributed by atoms with Gasteiger partial charge in [-0.15, -0.1) is 0 Å². The number of hydrogen-bond acceptors (Lipinski definition) is 1. The number of aliphatic hydroxyl groups is 1. The van der Waals surface area contributed by atoms with Crippen molar-refractivity contribution in [2.75, 3.05) is 0 Å². The van der Waals surface area contributed by atoms with Gasteiger partial charge in [0.05, 0.1) is 6.10 Å². The summed E-state index contributed by atoms with van der Waals surface area (Å²) in [5.41, 5.74) is 0. The maximum Gasteiger partial charge on any atom is 0.0574 e. The molecular weight excluding hydrogens is 136 g/mol. The van der Waals surface area contributed by atoms with Crippen molar-refractivity contribution in [3.05, 3.63) is 0 Å². The Morgan fingerprint density at radius 2 is 1.55 bits per heavy atom. The second-order valence-corrected chi connectivity index (χ2v) is 4.64. The van der Waals surface area contributed by atoms with E-state index in [0.29, 0.717) is 0 Å². The summed E-state index contributed by atoms with van der Waals surface area (Å²) in [6, 6.07) is 0. The van der Waals surface area contributed by atoms with Crippen molar-refractivity contribution in [2.45, 2.75) is 38.2 Å². The van der Waals surface area contributed by atoms with E-state index < -0.39 is 0 Å². The van der Waals surface area contributed by atoms with Crippen molar-refractivity contribution in [2.24, 2.45) is 23.7 Å². The smallest absolute Gasteiger partial charge is 0.0574 e. The summed E-state index contributed by atoms with van der Waals surface area (Å²) >= 11 is 0. The van der Waals surface area contributed by atoms with Crippen molar-refractivity contribution >= 4 is 0 Å². The van der Waals surface area contributed by atoms with Crippen molar-refractivity contribution in [1.29, 1.82) is 0 Å². The fourth-order valence-electron chi connectivity index (χ4n) is 4.02. The number of hydrogen-bond donors (Lipinski definition) is 1. The van der Waals surface area contributed by atoms with Crippen LogP contribution < -0.4 is 0 Å². The molecule has 3 saturated carbocycles. The molecule has 62 valence electrons. The second-order valence-electron chi connectivity index (χ2n) is 4.64. The molecule has 0 heterocycles. The minimum Gasteiger partial charge on any atom is -0.393 e. The summed E-state index contributed by atoms with van der Waals surface area (Å²) in [6.45, 7) is 0. The molecule has 0 saturated heterocycles. The summed E-state index contributed by atoms with van der Waals surface area (Å²) in [4.78, 5) is 0. The Morgan fingerprint density at radius 3 is 2.45 bits per heavy atom. The Balaban J connectivity index is 1.84. The highest BCUT2D eigenvalue weighted by Gasteiger charge is 2.57. The summed E-state index contributed by atoms with van der Waals surface area (Å²) in [5, 5.41) is 9.67. The van der Waals surface area contributed by atoms with E-state index in [1.807, 2.05) is 0 Å². The molecule has 0 aromatic rings. The van der Waals surface area contributed by atoms with Gasteiger partial charge in [-0.25, -0.2) is 0 Å². The number of aliphatic hydroxyl groups excluding tert-OH is 1. The van der Waals surface area contributed by atoms with Crippen LogP contribution in [0.25, 0.3) is 0 Å². The molecule has 1 nitrogen and oxygen atoms in total. The van der Waals surface area contributed by atoms with Gasteiger partial charge in [-0.2, -0.15) is 0 Å². The SMILES string of the molecule is O[C@H]1CC[C@@H]2[C@@H]3CCC[C@@H]3[C@H]21. The van der Waals surface area contributed by atoms with Gasteiger partial charge in [-0.1, -0.05) is 6.42 Å². The first-order valence-electron chi connectivity index (χ1n) is 5.06. The van der Waals surface area contributed by atoms with Crippen LogP contribution in [0.15, 0.2) is 0 Å². The van der Waals surface area contributed by atoms with Gasteiger partial charge in [-0.05, 0) is 49.4 Å². The molecule has 0 aliphatic heterocycles. The predicted molar refractivity (Wildman–Crippen MR) is 43.1 cm³/mol. The lowest BCUT2D eigenvalue weighted by Crippen LogP contribution is -2.44. The Morgan fingerprint density at radius 1 is 0.818 bits per heavy atom. The van der Waals surface area contributed by atoms with E-state index >= 15 is 0 Å². The van der Waals surface area contributed by atoms with Gasteiger partial charge in [-0.3, -0.25) is 0 Å². The van der Waals surface area contributed by atoms with Gasteiger partial charge in [0.25, 0.3) is 0 Å². The van der Waals surface area contributed by atoms with Gasteiger partial charge < -0.3 is 5.11 Å². The molecule has 0 aromatic carbocycles. The average molecular weight is 152 g/mol. The van der Waals surface area contributed by atoms with Crippen molar-refractivity contribution < 1.29 is 5.11 Å². The molecule has 3 fully saturated rings. The third-order valence-corrected chi connectivity index (χ3v) is 4.40. The lowest BCUT2D eigenvalue weighted by atomic mass is 9.59. The van der Waals surface area contributed by atoms with Crippen molar-refractivity contribution in [1.82, 2.24) is 0 Å². The molecule has 0 unspecified atom stereocenters. The normalized spacial score (nSPS) is 60.3. The number of fused-ring (bicyclic) bond motifs is 4. The zero-order valence-electron chi connectivity index (χ0n) is 6.87. The highest BCUT2D eigenvalue weighted by Crippen LogP contribution is 2.61. The quantitative estimate of drug-likeness (QED) is 0.561. The van der Waals surface area contributed by atoms with Gasteiger partial charge in [0.1, 0.15) is 0 Å². The van der Waals surface area contributed by atoms with Crippen LogP contribution in [0.3, 0.4) is 0 Å². The van der Waals surface area contributed by atoms with Gasteiger partial charge in [0.2, 0.25) is 0 Å². The molecule has 0 radical (unpaired) electrons. The first kappa shape index (κ1) is 6.47. The van der Waals surface area contributed by atoms with Crippen LogP contribution in [0.2, 0.25) is 0 Å². The topological polar surface area (TPSA) is 20.2 Å². The van der Waals surface area contributed by atoms with E-state index in [1.165, 1.54) is 25.7 Å². The van der Waals surface area contributed by atoms with Gasteiger partial charge in [0.15, 0.2) is 0 Å². The first-order chi connectivity index (χ1) is 5.38. The van der Waals surface area contributed by atoms with Crippen LogP contribution in [0.1, 0.15) is 32.1 Å². The lowest BCUT2D eigenvalue weighted by Gasteiger charge is -2.46. The lowest BCUT2D eigenvalue weighted by molar-refractivity contribution is -0.0358. The van der Waals surface area contributed by atoms with Gasteiger partial charge >= 0.3 is 0 Å². The Hall–Kier alpha value is -0.0400. The average Bonchev–Trinajstić information content (AvgIpc) is 2.43. The zero-order valence-corrected chi connectivity index (χ0v) is 6.87. The fourth-order valence-corrected chi connectivity index (χ4v) is 4.02. The fraction of sp³-hybridized carbons (Fsp3) is 1.00. The standard InChI is InChI=1S/C10H16O/c11-9-5-4-8-6-2-1-3-7(6)10(8)9/h6-11H,1-5H2/t6-,7+,8-,9+,10-/m1/s1. The highest BCUT2D eigenvalue weighted by atomic mass is 16.3. The van der Waals surface area contributed by atoms with Crippen LogP contribution in [-0.4, -0.2) is 11.2 Å². The molecule has 11 heavy (non-hydrogen) atoms. The van der Waals surface area contributed by atoms with Gasteiger partial charge in [0, 0.05) is 0 Å². The van der Waals surface area contributed by atoms with Crippen molar-refractivity contribution in [3.63, 3.8) is 0 Å². The van der Waals surface area contributed by atoms with E-state index in [0.717, 1.165) is 30.1 Å². The predicted octanol–water partition coefficient (Wildman–Crippen LogP) is 1.80. The minimum atomic E-state index is 0.0827. The molecule has 5 atom stereocenters.